The Balaban J connectivity index is 1.48. The molecule has 28 heavy (non-hydrogen) atoms. The molecule has 2 heterocycles. The van der Waals surface area contributed by atoms with Crippen molar-refractivity contribution in [2.24, 2.45) is 0 Å². The van der Waals surface area contributed by atoms with Crippen LogP contribution in [0.5, 0.6) is 0 Å². The van der Waals surface area contributed by atoms with Crippen LogP contribution in [-0.4, -0.2) is 56.3 Å². The molecule has 3 rings (SSSR count). The first kappa shape index (κ1) is 20.5. The van der Waals surface area contributed by atoms with Crippen molar-refractivity contribution < 1.29 is 13.2 Å². The van der Waals surface area contributed by atoms with Crippen molar-refractivity contribution in [3.05, 3.63) is 46.8 Å². The number of amides is 1. The lowest BCUT2D eigenvalue weighted by Crippen LogP contribution is -2.49. The molecule has 0 unspecified atom stereocenters. The van der Waals surface area contributed by atoms with Gasteiger partial charge in [0, 0.05) is 39.1 Å². The highest BCUT2D eigenvalue weighted by molar-refractivity contribution is 7.89. The maximum atomic E-state index is 12.7. The summed E-state index contributed by atoms with van der Waals surface area (Å²) < 4.78 is 27.0. The molecule has 0 saturated carbocycles. The molecule has 1 saturated heterocycles. The van der Waals surface area contributed by atoms with Gasteiger partial charge in [0.05, 0.1) is 10.5 Å². The van der Waals surface area contributed by atoms with E-state index in [0.29, 0.717) is 54.6 Å². The Labute approximate surface area is 169 Å². The van der Waals surface area contributed by atoms with Gasteiger partial charge in [0.1, 0.15) is 11.1 Å². The Morgan fingerprint density at radius 3 is 2.50 bits per heavy atom. The minimum absolute atomic E-state index is 0.145. The summed E-state index contributed by atoms with van der Waals surface area (Å²) in [4.78, 5) is 14.5. The smallest absolute Gasteiger partial charge is 0.243 e. The topological polar surface area (TPSA) is 93.5 Å². The third-order valence-corrected chi connectivity index (χ3v) is 7.43. The molecule has 9 heteroatoms. The van der Waals surface area contributed by atoms with Gasteiger partial charge in [-0.25, -0.2) is 8.42 Å². The van der Waals surface area contributed by atoms with E-state index in [1.54, 1.807) is 35.7 Å². The number of carbonyl (C=O) groups is 1. The molecule has 0 bridgehead atoms. The third-order valence-electron chi connectivity index (χ3n) is 4.68. The van der Waals surface area contributed by atoms with Gasteiger partial charge in [0.15, 0.2) is 0 Å². The molecule has 1 aliphatic rings. The number of rotatable bonds is 6. The van der Waals surface area contributed by atoms with E-state index in [0.717, 1.165) is 5.56 Å². The van der Waals surface area contributed by atoms with Gasteiger partial charge in [-0.2, -0.15) is 9.57 Å². The number of nitrogens with one attached hydrogen (secondary N) is 1. The van der Waals surface area contributed by atoms with E-state index in [2.05, 4.69) is 10.2 Å². The second-order valence-electron chi connectivity index (χ2n) is 6.63. The van der Waals surface area contributed by atoms with Crippen molar-refractivity contribution in [2.75, 3.05) is 38.0 Å². The molecule has 148 valence electrons. The molecule has 2 aromatic rings. The summed E-state index contributed by atoms with van der Waals surface area (Å²) in [6, 6.07) is 10.6. The Morgan fingerprint density at radius 2 is 1.86 bits per heavy atom. The van der Waals surface area contributed by atoms with E-state index < -0.39 is 10.0 Å². The van der Waals surface area contributed by atoms with Crippen LogP contribution in [0.25, 0.3) is 0 Å². The molecule has 0 spiro atoms. The third kappa shape index (κ3) is 4.77. The zero-order valence-corrected chi connectivity index (χ0v) is 17.2. The van der Waals surface area contributed by atoms with E-state index in [4.69, 9.17) is 5.26 Å². The van der Waals surface area contributed by atoms with Crippen LogP contribution in [0.4, 0.5) is 5.00 Å². The lowest BCUT2D eigenvalue weighted by Gasteiger charge is -2.33. The Bertz CT molecular complexity index is 969. The van der Waals surface area contributed by atoms with Crippen LogP contribution in [0.1, 0.15) is 17.5 Å². The summed E-state index contributed by atoms with van der Waals surface area (Å²) in [6.07, 6.45) is 0.299. The van der Waals surface area contributed by atoms with Crippen LogP contribution in [0.2, 0.25) is 0 Å². The normalized spacial score (nSPS) is 15.9. The van der Waals surface area contributed by atoms with Gasteiger partial charge in [-0.15, -0.1) is 11.3 Å². The minimum atomic E-state index is -3.48. The van der Waals surface area contributed by atoms with Gasteiger partial charge >= 0.3 is 0 Å². The van der Waals surface area contributed by atoms with Crippen molar-refractivity contribution >= 4 is 32.3 Å². The highest BCUT2D eigenvalue weighted by Gasteiger charge is 2.28. The number of nitrogens with zero attached hydrogens (tertiary/aromatic N) is 3. The van der Waals surface area contributed by atoms with Crippen molar-refractivity contribution in [2.45, 2.75) is 18.2 Å². The number of piperazine rings is 1. The fourth-order valence-corrected chi connectivity index (χ4v) is 5.17. The van der Waals surface area contributed by atoms with Crippen molar-refractivity contribution in [1.29, 1.82) is 5.26 Å². The molecule has 1 aromatic heterocycles. The van der Waals surface area contributed by atoms with Crippen LogP contribution in [0.3, 0.4) is 0 Å². The van der Waals surface area contributed by atoms with E-state index in [1.807, 2.05) is 13.0 Å². The quantitative estimate of drug-likeness (QED) is 0.777. The Hall–Kier alpha value is -2.25. The molecule has 1 aliphatic heterocycles. The molecule has 1 aromatic carbocycles. The van der Waals surface area contributed by atoms with Crippen molar-refractivity contribution in [3.8, 4) is 6.07 Å². The standard InChI is InChI=1S/C19H22N4O3S2/c1-15-2-4-17(5-3-15)28(25,26)23-11-9-22(10-12-23)8-6-18(24)21-19-16(14-20)7-13-27-19/h2-5,7,13H,6,8-12H2,1H3,(H,21,24). The lowest BCUT2D eigenvalue weighted by atomic mass is 10.2. The predicted octanol–water partition coefficient (Wildman–Crippen LogP) is 2.26. The molecular formula is C19H22N4O3S2. The van der Waals surface area contributed by atoms with E-state index in [9.17, 15) is 13.2 Å². The largest absolute Gasteiger partial charge is 0.317 e. The van der Waals surface area contributed by atoms with Gasteiger partial charge < -0.3 is 10.2 Å². The summed E-state index contributed by atoms with van der Waals surface area (Å²) in [5.41, 5.74) is 1.49. The van der Waals surface area contributed by atoms with Crippen molar-refractivity contribution in [1.82, 2.24) is 9.21 Å². The first-order valence-corrected chi connectivity index (χ1v) is 11.3. The zero-order valence-electron chi connectivity index (χ0n) is 15.6. The minimum Gasteiger partial charge on any atom is -0.317 e. The second kappa shape index (κ2) is 8.84. The van der Waals surface area contributed by atoms with Gasteiger partial charge in [0.25, 0.3) is 0 Å². The number of nitriles is 1. The first-order valence-electron chi connectivity index (χ1n) is 8.97. The molecule has 1 fully saturated rings. The molecule has 0 radical (unpaired) electrons. The highest BCUT2D eigenvalue weighted by Crippen LogP contribution is 2.22. The predicted molar refractivity (Wildman–Crippen MR) is 109 cm³/mol. The van der Waals surface area contributed by atoms with Crippen LogP contribution in [-0.2, 0) is 14.8 Å². The number of aryl methyl sites for hydroxylation is 1. The van der Waals surface area contributed by atoms with Crippen LogP contribution in [0, 0.1) is 18.3 Å². The number of anilines is 1. The number of carbonyl (C=O) groups excluding carboxylic acids is 1. The molecular weight excluding hydrogens is 396 g/mol. The van der Waals surface area contributed by atoms with E-state index >= 15 is 0 Å². The summed E-state index contributed by atoms with van der Waals surface area (Å²) in [5, 5.41) is 14.1. The van der Waals surface area contributed by atoms with Gasteiger partial charge in [-0.3, -0.25) is 4.79 Å². The number of thiophene rings is 1. The average molecular weight is 419 g/mol. The van der Waals surface area contributed by atoms with Gasteiger partial charge in [-0.05, 0) is 30.5 Å². The molecule has 0 aliphatic carbocycles. The summed E-state index contributed by atoms with van der Waals surface area (Å²) in [6.45, 7) is 4.45. The van der Waals surface area contributed by atoms with E-state index in [-0.39, 0.29) is 5.91 Å². The summed E-state index contributed by atoms with van der Waals surface area (Å²) in [5.74, 6) is -0.145. The molecule has 1 N–H and O–H groups in total. The highest BCUT2D eigenvalue weighted by atomic mass is 32.2. The Morgan fingerprint density at radius 1 is 1.18 bits per heavy atom. The van der Waals surface area contributed by atoms with Crippen LogP contribution < -0.4 is 5.32 Å². The average Bonchev–Trinajstić information content (AvgIpc) is 3.14. The van der Waals surface area contributed by atoms with Crippen LogP contribution >= 0.6 is 11.3 Å². The van der Waals surface area contributed by atoms with Gasteiger partial charge in [-0.1, -0.05) is 17.7 Å². The molecule has 7 nitrogen and oxygen atoms in total. The maximum absolute atomic E-state index is 12.7. The number of benzene rings is 1. The van der Waals surface area contributed by atoms with E-state index in [1.165, 1.54) is 15.6 Å². The maximum Gasteiger partial charge on any atom is 0.243 e. The number of hydrogen-bond acceptors (Lipinski definition) is 6. The van der Waals surface area contributed by atoms with Gasteiger partial charge in [0.2, 0.25) is 15.9 Å². The van der Waals surface area contributed by atoms with Crippen molar-refractivity contribution in [3.63, 3.8) is 0 Å². The first-order chi connectivity index (χ1) is 13.4. The summed E-state index contributed by atoms with van der Waals surface area (Å²) in [7, 11) is -3.48. The zero-order chi connectivity index (χ0) is 20.1. The number of sulfonamides is 1. The SMILES string of the molecule is Cc1ccc(S(=O)(=O)N2CCN(CCC(=O)Nc3sccc3C#N)CC2)cc1. The summed E-state index contributed by atoms with van der Waals surface area (Å²) >= 11 is 1.32. The molecule has 1 amide bonds. The monoisotopic (exact) mass is 418 g/mol. The second-order valence-corrected chi connectivity index (χ2v) is 9.49. The fourth-order valence-electron chi connectivity index (χ4n) is 3.00. The molecule has 0 atom stereocenters. The fraction of sp³-hybridized carbons (Fsp3) is 0.368. The van der Waals surface area contributed by atoms with Crippen LogP contribution in [0.15, 0.2) is 40.6 Å². The Kier molecular flexibility index (Phi) is 6.46. The lowest BCUT2D eigenvalue weighted by molar-refractivity contribution is -0.116. The number of hydrogen-bond donors (Lipinski definition) is 1.